The SMILES string of the molecule is CC[C@H](C)NC(=O)[C@H](C)N(CCc1ccccc1)C(=O)CN(c1ccccc1)S(=O)(=O)c1ccc(Cl)cc1. The molecule has 0 aliphatic rings. The topological polar surface area (TPSA) is 86.8 Å². The fourth-order valence-corrected chi connectivity index (χ4v) is 5.43. The molecule has 0 bridgehead atoms. The van der Waals surface area contributed by atoms with Gasteiger partial charge in [0, 0.05) is 17.6 Å². The van der Waals surface area contributed by atoms with Gasteiger partial charge in [0.25, 0.3) is 10.0 Å². The number of para-hydroxylation sites is 1. The number of amides is 2. The predicted molar refractivity (Wildman–Crippen MR) is 152 cm³/mol. The van der Waals surface area contributed by atoms with Crippen LogP contribution < -0.4 is 9.62 Å². The normalized spacial score (nSPS) is 12.8. The molecule has 3 aromatic carbocycles. The Bertz CT molecular complexity index is 1300. The smallest absolute Gasteiger partial charge is 0.264 e. The number of carbonyl (C=O) groups excluding carboxylic acids is 2. The van der Waals surface area contributed by atoms with E-state index < -0.39 is 28.5 Å². The fraction of sp³-hybridized carbons (Fsp3) is 0.310. The zero-order valence-electron chi connectivity index (χ0n) is 21.9. The van der Waals surface area contributed by atoms with Crippen molar-refractivity contribution in [3.63, 3.8) is 0 Å². The van der Waals surface area contributed by atoms with E-state index in [1.54, 1.807) is 37.3 Å². The molecule has 3 rings (SSSR count). The lowest BCUT2D eigenvalue weighted by Crippen LogP contribution is -2.53. The second kappa shape index (κ2) is 13.4. The Morgan fingerprint density at radius 2 is 1.47 bits per heavy atom. The number of hydrogen-bond donors (Lipinski definition) is 1. The molecule has 202 valence electrons. The summed E-state index contributed by atoms with van der Waals surface area (Å²) in [5.74, 6) is -0.762. The summed E-state index contributed by atoms with van der Waals surface area (Å²) in [6, 6.07) is 23.1. The Morgan fingerprint density at radius 1 is 0.895 bits per heavy atom. The van der Waals surface area contributed by atoms with Crippen LogP contribution in [0.3, 0.4) is 0 Å². The second-order valence-electron chi connectivity index (χ2n) is 9.12. The Kier molecular flexibility index (Phi) is 10.3. The number of nitrogens with zero attached hydrogens (tertiary/aromatic N) is 2. The maximum atomic E-state index is 13.8. The largest absolute Gasteiger partial charge is 0.352 e. The van der Waals surface area contributed by atoms with Crippen LogP contribution in [0.25, 0.3) is 0 Å². The third-order valence-electron chi connectivity index (χ3n) is 6.38. The Labute approximate surface area is 230 Å². The summed E-state index contributed by atoms with van der Waals surface area (Å²) in [7, 11) is -4.11. The van der Waals surface area contributed by atoms with Crippen LogP contribution in [0.1, 0.15) is 32.8 Å². The Balaban J connectivity index is 1.94. The summed E-state index contributed by atoms with van der Waals surface area (Å²) in [4.78, 5) is 28.3. The number of hydrogen-bond acceptors (Lipinski definition) is 4. The zero-order valence-corrected chi connectivity index (χ0v) is 23.5. The molecule has 9 heteroatoms. The van der Waals surface area contributed by atoms with E-state index in [1.165, 1.54) is 29.2 Å². The summed E-state index contributed by atoms with van der Waals surface area (Å²) in [5.41, 5.74) is 1.35. The van der Waals surface area contributed by atoms with Gasteiger partial charge in [0.2, 0.25) is 11.8 Å². The first kappa shape index (κ1) is 29.2. The highest BCUT2D eigenvalue weighted by atomic mass is 35.5. The summed E-state index contributed by atoms with van der Waals surface area (Å²) in [6.07, 6.45) is 1.26. The first-order valence-electron chi connectivity index (χ1n) is 12.6. The number of carbonyl (C=O) groups is 2. The van der Waals surface area contributed by atoms with E-state index in [4.69, 9.17) is 11.6 Å². The van der Waals surface area contributed by atoms with Crippen LogP contribution in [0.5, 0.6) is 0 Å². The van der Waals surface area contributed by atoms with Gasteiger partial charge in [0.15, 0.2) is 0 Å². The molecule has 0 fully saturated rings. The average molecular weight is 556 g/mol. The molecule has 0 unspecified atom stereocenters. The van der Waals surface area contributed by atoms with Gasteiger partial charge in [-0.25, -0.2) is 8.42 Å². The van der Waals surface area contributed by atoms with Crippen molar-refractivity contribution in [1.82, 2.24) is 10.2 Å². The molecule has 0 spiro atoms. The molecule has 7 nitrogen and oxygen atoms in total. The van der Waals surface area contributed by atoms with Crippen molar-refractivity contribution in [3.8, 4) is 0 Å². The molecule has 3 aromatic rings. The first-order chi connectivity index (χ1) is 18.1. The lowest BCUT2D eigenvalue weighted by molar-refractivity contribution is -0.139. The second-order valence-corrected chi connectivity index (χ2v) is 11.4. The number of nitrogens with one attached hydrogen (secondary N) is 1. The van der Waals surface area contributed by atoms with E-state index in [0.29, 0.717) is 17.1 Å². The molecule has 0 radical (unpaired) electrons. The number of anilines is 1. The van der Waals surface area contributed by atoms with Gasteiger partial charge in [-0.15, -0.1) is 0 Å². The van der Waals surface area contributed by atoms with Crippen molar-refractivity contribution < 1.29 is 18.0 Å². The molecule has 0 aliphatic heterocycles. The van der Waals surface area contributed by atoms with Gasteiger partial charge >= 0.3 is 0 Å². The van der Waals surface area contributed by atoms with Crippen LogP contribution in [0.15, 0.2) is 89.8 Å². The first-order valence-corrected chi connectivity index (χ1v) is 14.4. The molecule has 38 heavy (non-hydrogen) atoms. The van der Waals surface area contributed by atoms with E-state index in [2.05, 4.69) is 5.32 Å². The van der Waals surface area contributed by atoms with E-state index in [9.17, 15) is 18.0 Å². The van der Waals surface area contributed by atoms with Crippen molar-refractivity contribution in [2.45, 2.75) is 50.6 Å². The molecule has 2 amide bonds. The van der Waals surface area contributed by atoms with Crippen LogP contribution in [0.4, 0.5) is 5.69 Å². The summed E-state index contributed by atoms with van der Waals surface area (Å²) >= 11 is 5.97. The molecule has 0 aliphatic carbocycles. The summed E-state index contributed by atoms with van der Waals surface area (Å²) in [5, 5.41) is 3.33. The highest BCUT2D eigenvalue weighted by molar-refractivity contribution is 7.92. The molecular formula is C29H34ClN3O4S. The van der Waals surface area contributed by atoms with Crippen molar-refractivity contribution in [2.75, 3.05) is 17.4 Å². The van der Waals surface area contributed by atoms with Crippen LogP contribution in [-0.2, 0) is 26.0 Å². The molecule has 0 aromatic heterocycles. The minimum atomic E-state index is -4.11. The predicted octanol–water partition coefficient (Wildman–Crippen LogP) is 4.91. The average Bonchev–Trinajstić information content (AvgIpc) is 2.92. The molecule has 0 saturated heterocycles. The van der Waals surface area contributed by atoms with Gasteiger partial charge in [-0.1, -0.05) is 67.1 Å². The van der Waals surface area contributed by atoms with E-state index >= 15 is 0 Å². The van der Waals surface area contributed by atoms with E-state index in [-0.39, 0.29) is 23.4 Å². The van der Waals surface area contributed by atoms with Crippen LogP contribution >= 0.6 is 11.6 Å². The lowest BCUT2D eigenvalue weighted by atomic mass is 10.1. The van der Waals surface area contributed by atoms with E-state index in [1.807, 2.05) is 44.2 Å². The van der Waals surface area contributed by atoms with Gasteiger partial charge in [-0.05, 0) is 68.7 Å². The van der Waals surface area contributed by atoms with Crippen molar-refractivity contribution >= 4 is 39.1 Å². The Morgan fingerprint density at radius 3 is 2.05 bits per heavy atom. The highest BCUT2D eigenvalue weighted by Crippen LogP contribution is 2.25. The van der Waals surface area contributed by atoms with Crippen LogP contribution in [0.2, 0.25) is 5.02 Å². The van der Waals surface area contributed by atoms with E-state index in [0.717, 1.165) is 16.3 Å². The van der Waals surface area contributed by atoms with Crippen LogP contribution in [-0.4, -0.2) is 50.3 Å². The van der Waals surface area contributed by atoms with Gasteiger partial charge in [0.05, 0.1) is 10.6 Å². The lowest BCUT2D eigenvalue weighted by Gasteiger charge is -2.32. The Hall–Kier alpha value is -3.36. The minimum Gasteiger partial charge on any atom is -0.352 e. The molecule has 1 N–H and O–H groups in total. The number of benzene rings is 3. The molecule has 0 saturated carbocycles. The van der Waals surface area contributed by atoms with Crippen molar-refractivity contribution in [2.24, 2.45) is 0 Å². The van der Waals surface area contributed by atoms with Crippen LogP contribution in [0, 0.1) is 0 Å². The monoisotopic (exact) mass is 555 g/mol. The minimum absolute atomic E-state index is 0.0111. The zero-order chi connectivity index (χ0) is 27.7. The number of rotatable bonds is 12. The van der Waals surface area contributed by atoms with Crippen molar-refractivity contribution in [3.05, 3.63) is 95.5 Å². The molecule has 2 atom stereocenters. The van der Waals surface area contributed by atoms with Gasteiger partial charge in [-0.2, -0.15) is 0 Å². The summed E-state index contributed by atoms with van der Waals surface area (Å²) < 4.78 is 28.5. The van der Waals surface area contributed by atoms with Gasteiger partial charge < -0.3 is 10.2 Å². The number of sulfonamides is 1. The summed E-state index contributed by atoms with van der Waals surface area (Å²) in [6.45, 7) is 5.32. The quantitative estimate of drug-likeness (QED) is 0.344. The molecular weight excluding hydrogens is 522 g/mol. The number of halogens is 1. The van der Waals surface area contributed by atoms with Gasteiger partial charge in [-0.3, -0.25) is 13.9 Å². The van der Waals surface area contributed by atoms with Gasteiger partial charge in [0.1, 0.15) is 12.6 Å². The third kappa shape index (κ3) is 7.58. The van der Waals surface area contributed by atoms with Crippen molar-refractivity contribution in [1.29, 1.82) is 0 Å². The maximum absolute atomic E-state index is 13.8. The third-order valence-corrected chi connectivity index (χ3v) is 8.42. The maximum Gasteiger partial charge on any atom is 0.264 e. The highest BCUT2D eigenvalue weighted by Gasteiger charge is 2.32. The molecule has 0 heterocycles. The standard InChI is InChI=1S/C29H34ClN3O4S/c1-4-22(2)31-29(35)23(3)32(20-19-24-11-7-5-8-12-24)28(34)21-33(26-13-9-6-10-14-26)38(36,37)27-17-15-25(30)16-18-27/h5-18,22-23H,4,19-21H2,1-3H3,(H,31,35)/t22-,23-/m0/s1. The fourth-order valence-electron chi connectivity index (χ4n) is 3.89.